The fourth-order valence-corrected chi connectivity index (χ4v) is 2.21. The van der Waals surface area contributed by atoms with Crippen LogP contribution in [0.25, 0.3) is 0 Å². The van der Waals surface area contributed by atoms with E-state index in [9.17, 15) is 0 Å². The predicted octanol–water partition coefficient (Wildman–Crippen LogP) is 2.60. The molecule has 0 saturated heterocycles. The first-order valence-electron chi connectivity index (χ1n) is 5.06. The van der Waals surface area contributed by atoms with Gasteiger partial charge in [-0.05, 0) is 29.8 Å². The molecule has 0 bridgehead atoms. The number of nitriles is 1. The van der Waals surface area contributed by atoms with Gasteiger partial charge in [0.05, 0.1) is 12.2 Å². The number of aliphatic hydroxyl groups is 1. The summed E-state index contributed by atoms with van der Waals surface area (Å²) in [5.74, 6) is 0. The molecule has 4 heteroatoms. The van der Waals surface area contributed by atoms with Crippen molar-refractivity contribution >= 4 is 11.8 Å². The first-order valence-corrected chi connectivity index (χ1v) is 5.88. The van der Waals surface area contributed by atoms with Crippen LogP contribution in [0.1, 0.15) is 11.1 Å². The average Bonchev–Trinajstić information content (AvgIpc) is 2.40. The Labute approximate surface area is 104 Å². The molecule has 0 aliphatic carbocycles. The van der Waals surface area contributed by atoms with Gasteiger partial charge in [0.15, 0.2) is 0 Å². The van der Waals surface area contributed by atoms with Gasteiger partial charge in [-0.25, -0.2) is 4.98 Å². The van der Waals surface area contributed by atoms with Crippen LogP contribution in [-0.4, -0.2) is 10.1 Å². The number of nitrogens with zero attached hydrogens (tertiary/aromatic N) is 2. The van der Waals surface area contributed by atoms with Crippen LogP contribution in [0.5, 0.6) is 0 Å². The van der Waals surface area contributed by atoms with Crippen LogP contribution in [0.2, 0.25) is 0 Å². The molecule has 1 aromatic carbocycles. The maximum absolute atomic E-state index is 9.05. The molecule has 0 atom stereocenters. The third kappa shape index (κ3) is 2.84. The Bertz CT molecular complexity index is 549. The maximum atomic E-state index is 9.05. The molecule has 0 fully saturated rings. The number of aromatic nitrogens is 1. The molecule has 0 spiro atoms. The fourth-order valence-electron chi connectivity index (χ4n) is 1.37. The van der Waals surface area contributed by atoms with Crippen LogP contribution < -0.4 is 0 Å². The zero-order chi connectivity index (χ0) is 12.1. The van der Waals surface area contributed by atoms with E-state index in [0.29, 0.717) is 5.56 Å². The molecule has 0 aliphatic heterocycles. The minimum atomic E-state index is -0.0524. The van der Waals surface area contributed by atoms with Gasteiger partial charge in [0.2, 0.25) is 0 Å². The highest BCUT2D eigenvalue weighted by molar-refractivity contribution is 7.99. The lowest BCUT2D eigenvalue weighted by molar-refractivity contribution is 0.281. The van der Waals surface area contributed by atoms with Crippen molar-refractivity contribution in [2.24, 2.45) is 0 Å². The van der Waals surface area contributed by atoms with Gasteiger partial charge in [-0.15, -0.1) is 0 Å². The van der Waals surface area contributed by atoms with Crippen molar-refractivity contribution in [2.75, 3.05) is 0 Å². The topological polar surface area (TPSA) is 56.9 Å². The molecule has 2 aromatic rings. The Balaban J connectivity index is 2.31. The summed E-state index contributed by atoms with van der Waals surface area (Å²) >= 11 is 1.44. The molecule has 84 valence electrons. The lowest BCUT2D eigenvalue weighted by Gasteiger charge is -2.04. The van der Waals surface area contributed by atoms with E-state index < -0.39 is 0 Å². The van der Waals surface area contributed by atoms with Crippen molar-refractivity contribution in [1.29, 1.82) is 5.26 Å². The standard InChI is InChI=1S/C13H10N2OS/c14-8-11-7-10(9-16)4-5-12(11)17-13-3-1-2-6-15-13/h1-7,16H,9H2. The molecule has 1 N–H and O–H groups in total. The molecule has 2 rings (SSSR count). The van der Waals surface area contributed by atoms with Gasteiger partial charge in [0.25, 0.3) is 0 Å². The van der Waals surface area contributed by atoms with Gasteiger partial charge in [-0.1, -0.05) is 23.9 Å². The maximum Gasteiger partial charge on any atom is 0.101 e. The first-order chi connectivity index (χ1) is 8.33. The van der Waals surface area contributed by atoms with Gasteiger partial charge in [-0.3, -0.25) is 0 Å². The minimum Gasteiger partial charge on any atom is -0.392 e. The summed E-state index contributed by atoms with van der Waals surface area (Å²) in [5.41, 5.74) is 1.30. The molecule has 1 aromatic heterocycles. The monoisotopic (exact) mass is 242 g/mol. The second kappa shape index (κ2) is 5.48. The number of aliphatic hydroxyl groups excluding tert-OH is 1. The van der Waals surface area contributed by atoms with Crippen molar-refractivity contribution < 1.29 is 5.11 Å². The predicted molar refractivity (Wildman–Crippen MR) is 65.4 cm³/mol. The zero-order valence-electron chi connectivity index (χ0n) is 9.00. The third-order valence-electron chi connectivity index (χ3n) is 2.20. The summed E-state index contributed by atoms with van der Waals surface area (Å²) in [6, 6.07) is 13.1. The van der Waals surface area contributed by atoms with Crippen LogP contribution >= 0.6 is 11.8 Å². The third-order valence-corrected chi connectivity index (χ3v) is 3.23. The largest absolute Gasteiger partial charge is 0.392 e. The van der Waals surface area contributed by atoms with E-state index in [2.05, 4.69) is 11.1 Å². The van der Waals surface area contributed by atoms with E-state index >= 15 is 0 Å². The molecule has 0 aliphatic rings. The molecule has 0 saturated carbocycles. The highest BCUT2D eigenvalue weighted by atomic mass is 32.2. The van der Waals surface area contributed by atoms with E-state index in [1.165, 1.54) is 11.8 Å². The van der Waals surface area contributed by atoms with Crippen LogP contribution in [0.4, 0.5) is 0 Å². The lowest BCUT2D eigenvalue weighted by Crippen LogP contribution is -1.88. The summed E-state index contributed by atoms with van der Waals surface area (Å²) in [6.45, 7) is -0.0524. The number of hydrogen-bond donors (Lipinski definition) is 1. The van der Waals surface area contributed by atoms with E-state index in [1.54, 1.807) is 12.3 Å². The molecule has 3 nitrogen and oxygen atoms in total. The molecule has 0 radical (unpaired) electrons. The van der Waals surface area contributed by atoms with Gasteiger partial charge >= 0.3 is 0 Å². The van der Waals surface area contributed by atoms with Crippen molar-refractivity contribution in [1.82, 2.24) is 4.98 Å². The molecular weight excluding hydrogens is 232 g/mol. The Morgan fingerprint density at radius 1 is 1.29 bits per heavy atom. The summed E-state index contributed by atoms with van der Waals surface area (Å²) in [5, 5.41) is 18.9. The number of pyridine rings is 1. The molecule has 17 heavy (non-hydrogen) atoms. The van der Waals surface area contributed by atoms with E-state index in [1.807, 2.05) is 30.3 Å². The van der Waals surface area contributed by atoms with Gasteiger partial charge in [0.1, 0.15) is 11.1 Å². The summed E-state index contributed by atoms with van der Waals surface area (Å²) in [7, 11) is 0. The van der Waals surface area contributed by atoms with E-state index in [0.717, 1.165) is 15.5 Å². The smallest absolute Gasteiger partial charge is 0.101 e. The fraction of sp³-hybridized carbons (Fsp3) is 0.0769. The normalized spacial score (nSPS) is 9.88. The molecular formula is C13H10N2OS. The Morgan fingerprint density at radius 2 is 2.18 bits per heavy atom. The van der Waals surface area contributed by atoms with Crippen LogP contribution in [-0.2, 0) is 6.61 Å². The summed E-state index contributed by atoms with van der Waals surface area (Å²) in [4.78, 5) is 5.05. The van der Waals surface area contributed by atoms with Crippen LogP contribution in [0.3, 0.4) is 0 Å². The zero-order valence-corrected chi connectivity index (χ0v) is 9.81. The second-order valence-corrected chi connectivity index (χ2v) is 4.43. The van der Waals surface area contributed by atoms with Crippen molar-refractivity contribution in [3.8, 4) is 6.07 Å². The van der Waals surface area contributed by atoms with Crippen molar-refractivity contribution in [2.45, 2.75) is 16.5 Å². The summed E-state index contributed by atoms with van der Waals surface area (Å²) < 4.78 is 0. The second-order valence-electron chi connectivity index (χ2n) is 3.37. The van der Waals surface area contributed by atoms with Crippen molar-refractivity contribution in [3.63, 3.8) is 0 Å². The number of hydrogen-bond acceptors (Lipinski definition) is 4. The van der Waals surface area contributed by atoms with E-state index in [4.69, 9.17) is 10.4 Å². The Kier molecular flexibility index (Phi) is 3.76. The lowest BCUT2D eigenvalue weighted by atomic mass is 10.1. The average molecular weight is 242 g/mol. The van der Waals surface area contributed by atoms with Crippen molar-refractivity contribution in [3.05, 3.63) is 53.7 Å². The SMILES string of the molecule is N#Cc1cc(CO)ccc1Sc1ccccn1. The van der Waals surface area contributed by atoms with E-state index in [-0.39, 0.29) is 6.61 Å². The quantitative estimate of drug-likeness (QED) is 0.898. The van der Waals surface area contributed by atoms with Crippen LogP contribution in [0.15, 0.2) is 52.5 Å². The molecule has 0 unspecified atom stereocenters. The molecule has 0 amide bonds. The highest BCUT2D eigenvalue weighted by Crippen LogP contribution is 2.29. The minimum absolute atomic E-state index is 0.0524. The van der Waals surface area contributed by atoms with Gasteiger partial charge in [0, 0.05) is 11.1 Å². The Morgan fingerprint density at radius 3 is 2.82 bits per heavy atom. The van der Waals surface area contributed by atoms with Gasteiger partial charge < -0.3 is 5.11 Å². The summed E-state index contributed by atoms with van der Waals surface area (Å²) in [6.07, 6.45) is 1.72. The molecule has 1 heterocycles. The van der Waals surface area contributed by atoms with Gasteiger partial charge in [-0.2, -0.15) is 5.26 Å². The first kappa shape index (κ1) is 11.6. The number of benzene rings is 1. The van der Waals surface area contributed by atoms with Crippen LogP contribution in [0, 0.1) is 11.3 Å². The number of rotatable bonds is 3. The highest BCUT2D eigenvalue weighted by Gasteiger charge is 2.05. The Hall–Kier alpha value is -1.83.